The Bertz CT molecular complexity index is 4710. The maximum absolute atomic E-state index is 5.28. The summed E-state index contributed by atoms with van der Waals surface area (Å²) in [5, 5.41) is 4.82. The fourth-order valence-corrected chi connectivity index (χ4v) is 12.4. The van der Waals surface area contributed by atoms with Gasteiger partial charge in [0.1, 0.15) is 0 Å². The van der Waals surface area contributed by atoms with Crippen LogP contribution in [0.25, 0.3) is 144 Å². The predicted octanol–water partition coefficient (Wildman–Crippen LogP) is 17.3. The molecule has 11 aromatic carbocycles. The molecular formula is C67H41N5. The number of hydrogen-bond donors (Lipinski definition) is 0. The quantitative estimate of drug-likeness (QED) is 0.173. The normalized spacial score (nSPS) is 12.2. The minimum atomic E-state index is 0.893. The Morgan fingerprint density at radius 2 is 0.708 bits per heavy atom. The zero-order valence-corrected chi connectivity index (χ0v) is 38.9. The molecule has 1 aliphatic rings. The van der Waals surface area contributed by atoms with Gasteiger partial charge in [0.25, 0.3) is 0 Å². The Morgan fingerprint density at radius 1 is 0.264 bits per heavy atom. The molecule has 0 saturated carbocycles. The van der Waals surface area contributed by atoms with Crippen LogP contribution in [0.4, 0.5) is 0 Å². The molecule has 0 N–H and O–H groups in total. The van der Waals surface area contributed by atoms with Crippen molar-refractivity contribution in [2.75, 3.05) is 0 Å². The van der Waals surface area contributed by atoms with Crippen molar-refractivity contribution in [3.8, 4) is 72.7 Å². The highest BCUT2D eigenvalue weighted by molar-refractivity contribution is 6.15. The number of aromatic nitrogens is 5. The van der Waals surface area contributed by atoms with Crippen LogP contribution in [0, 0.1) is 0 Å². The summed E-state index contributed by atoms with van der Waals surface area (Å²) in [6, 6.07) is 91.5. The van der Waals surface area contributed by atoms with Gasteiger partial charge in [0.2, 0.25) is 5.78 Å². The molecular weight excluding hydrogens is 875 g/mol. The maximum Gasteiger partial charge on any atom is 0.220 e. The van der Waals surface area contributed by atoms with Crippen molar-refractivity contribution in [1.82, 2.24) is 23.1 Å². The van der Waals surface area contributed by atoms with Gasteiger partial charge in [-0.05, 0) is 106 Å². The summed E-state index contributed by atoms with van der Waals surface area (Å²) in [5.41, 5.74) is 24.2. The molecule has 1 aliphatic carbocycles. The van der Waals surface area contributed by atoms with E-state index in [2.05, 4.69) is 267 Å². The number of nitrogens with zero attached hydrogens (tertiary/aromatic N) is 5. The van der Waals surface area contributed by atoms with Gasteiger partial charge in [-0.3, -0.25) is 8.97 Å². The lowest BCUT2D eigenvalue weighted by Gasteiger charge is -2.28. The molecule has 0 spiro atoms. The number of rotatable bonds is 4. The molecule has 16 rings (SSSR count). The summed E-state index contributed by atoms with van der Waals surface area (Å²) < 4.78 is 9.68. The van der Waals surface area contributed by atoms with Gasteiger partial charge in [-0.15, -0.1) is 0 Å². The third kappa shape index (κ3) is 5.34. The van der Waals surface area contributed by atoms with Crippen molar-refractivity contribution < 1.29 is 0 Å². The first-order valence-corrected chi connectivity index (χ1v) is 24.7. The number of para-hydroxylation sites is 8. The molecule has 0 radical (unpaired) electrons. The first-order valence-electron chi connectivity index (χ1n) is 24.7. The van der Waals surface area contributed by atoms with E-state index in [1.165, 1.54) is 77.1 Å². The fourth-order valence-electron chi connectivity index (χ4n) is 12.4. The molecule has 0 aliphatic heterocycles. The van der Waals surface area contributed by atoms with Crippen molar-refractivity contribution in [3.05, 3.63) is 249 Å². The molecule has 0 amide bonds. The third-order valence-corrected chi connectivity index (χ3v) is 15.4. The Balaban J connectivity index is 1.06. The second-order valence-electron chi connectivity index (χ2n) is 19.0. The average molecular weight is 916 g/mol. The van der Waals surface area contributed by atoms with Gasteiger partial charge < -0.3 is 9.13 Å². The Morgan fingerprint density at radius 3 is 1.36 bits per heavy atom. The Kier molecular flexibility index (Phi) is 8.10. The number of fused-ring (bicyclic) bond motifs is 19. The van der Waals surface area contributed by atoms with Crippen molar-refractivity contribution in [2.24, 2.45) is 0 Å². The number of imidazole rings is 2. The molecule has 0 saturated heterocycles. The van der Waals surface area contributed by atoms with E-state index in [1.807, 2.05) is 0 Å². The van der Waals surface area contributed by atoms with Crippen molar-refractivity contribution in [1.29, 1.82) is 0 Å². The lowest BCUT2D eigenvalue weighted by atomic mass is 9.79. The highest BCUT2D eigenvalue weighted by Gasteiger charge is 2.30. The zero-order valence-electron chi connectivity index (χ0n) is 38.9. The largest absolute Gasteiger partial charge is 0.309 e. The standard InChI is InChI=1S/C67H41N5/c1-2-20-44-43(19-1)45-21-3-4-23-47(45)53-38-39-54(50-26-9-14-32-59(50)70-57-30-12-7-24-48(57)49-25-8-13-31-58(49)70)66(65(53)52-28-6-5-22-46(44)52)71-60-33-15-10-27-51(60)55-41-42(37-40-61(55)71)69-63-35-17-18-36-64(63)72-62-34-16-11-29-56(62)68-67(69)72/h1-41H. The predicted molar refractivity (Wildman–Crippen MR) is 299 cm³/mol. The lowest BCUT2D eigenvalue weighted by Crippen LogP contribution is -2.06. The number of benzene rings is 11. The molecule has 15 aromatic rings. The van der Waals surface area contributed by atoms with Gasteiger partial charge in [0, 0.05) is 43.9 Å². The van der Waals surface area contributed by atoms with E-state index in [0.29, 0.717) is 0 Å². The van der Waals surface area contributed by atoms with E-state index >= 15 is 0 Å². The van der Waals surface area contributed by atoms with Crippen LogP contribution in [0.15, 0.2) is 249 Å². The molecule has 0 bridgehead atoms. The summed E-state index contributed by atoms with van der Waals surface area (Å²) in [5.74, 6) is 0.893. The summed E-state index contributed by atoms with van der Waals surface area (Å²) in [6.45, 7) is 0. The van der Waals surface area contributed by atoms with Gasteiger partial charge >= 0.3 is 0 Å². The summed E-state index contributed by atoms with van der Waals surface area (Å²) in [7, 11) is 0. The van der Waals surface area contributed by atoms with Crippen LogP contribution in [0.3, 0.4) is 0 Å². The van der Waals surface area contributed by atoms with E-state index in [9.17, 15) is 0 Å². The first-order chi connectivity index (χ1) is 35.8. The second kappa shape index (κ2) is 14.9. The fraction of sp³-hybridized carbons (Fsp3) is 0. The van der Waals surface area contributed by atoms with Gasteiger partial charge in [-0.2, -0.15) is 0 Å². The zero-order chi connectivity index (χ0) is 47.0. The molecule has 5 heteroatoms. The highest BCUT2D eigenvalue weighted by atomic mass is 15.2. The Labute approximate surface area is 414 Å². The molecule has 334 valence electrons. The van der Waals surface area contributed by atoms with E-state index in [0.717, 1.165) is 67.1 Å². The molecule has 72 heavy (non-hydrogen) atoms. The number of hydrogen-bond acceptors (Lipinski definition) is 1. The second-order valence-corrected chi connectivity index (χ2v) is 19.0. The van der Waals surface area contributed by atoms with E-state index < -0.39 is 0 Å². The van der Waals surface area contributed by atoms with E-state index in [4.69, 9.17) is 4.98 Å². The SMILES string of the molecule is c1ccc2c(c1)-c1ccccc1-c1ccc(-c3ccccc3-n3c4ccccc4c4ccccc43)c(-n3c4ccccc4c4cc(-n5c6ccccc6n6c7ccccc7nc56)ccc43)c1-c1ccccc1-2. The molecule has 0 atom stereocenters. The Hall–Kier alpha value is -9.71. The lowest BCUT2D eigenvalue weighted by molar-refractivity contribution is 1.11. The molecule has 0 unspecified atom stereocenters. The van der Waals surface area contributed by atoms with Crippen LogP contribution in [-0.2, 0) is 0 Å². The van der Waals surface area contributed by atoms with Crippen molar-refractivity contribution in [3.63, 3.8) is 0 Å². The van der Waals surface area contributed by atoms with Crippen molar-refractivity contribution in [2.45, 2.75) is 0 Å². The van der Waals surface area contributed by atoms with Crippen LogP contribution < -0.4 is 0 Å². The summed E-state index contributed by atoms with van der Waals surface area (Å²) in [6.07, 6.45) is 0. The summed E-state index contributed by atoms with van der Waals surface area (Å²) in [4.78, 5) is 5.28. The van der Waals surface area contributed by atoms with Gasteiger partial charge in [0.15, 0.2) is 0 Å². The minimum absolute atomic E-state index is 0.893. The van der Waals surface area contributed by atoms with Crippen molar-refractivity contribution >= 4 is 71.5 Å². The van der Waals surface area contributed by atoms with Crippen LogP contribution in [0.1, 0.15) is 0 Å². The molecule has 4 heterocycles. The smallest absolute Gasteiger partial charge is 0.220 e. The minimum Gasteiger partial charge on any atom is -0.309 e. The highest BCUT2D eigenvalue weighted by Crippen LogP contribution is 2.53. The van der Waals surface area contributed by atoms with E-state index in [-0.39, 0.29) is 0 Å². The van der Waals surface area contributed by atoms with Gasteiger partial charge in [-0.25, -0.2) is 4.98 Å². The van der Waals surface area contributed by atoms with Crippen LogP contribution in [-0.4, -0.2) is 23.1 Å². The summed E-state index contributed by atoms with van der Waals surface area (Å²) >= 11 is 0. The van der Waals surface area contributed by atoms with Crippen LogP contribution in [0.2, 0.25) is 0 Å². The van der Waals surface area contributed by atoms with E-state index in [1.54, 1.807) is 0 Å². The van der Waals surface area contributed by atoms with Crippen LogP contribution in [0.5, 0.6) is 0 Å². The molecule has 0 fully saturated rings. The topological polar surface area (TPSA) is 32.1 Å². The first kappa shape index (κ1) is 39.2. The van der Waals surface area contributed by atoms with Gasteiger partial charge in [0.05, 0.1) is 55.5 Å². The molecule has 4 aromatic heterocycles. The third-order valence-electron chi connectivity index (χ3n) is 15.4. The monoisotopic (exact) mass is 915 g/mol. The average Bonchev–Trinajstić information content (AvgIpc) is 4.18. The maximum atomic E-state index is 5.28. The molecule has 5 nitrogen and oxygen atoms in total. The van der Waals surface area contributed by atoms with Gasteiger partial charge in [-0.1, -0.05) is 182 Å². The van der Waals surface area contributed by atoms with Crippen LogP contribution >= 0.6 is 0 Å².